The molecule has 0 aliphatic carbocycles. The molecule has 9 heteroatoms. The summed E-state index contributed by atoms with van der Waals surface area (Å²) >= 11 is 0. The van der Waals surface area contributed by atoms with Crippen LogP contribution in [0, 0.1) is 18.6 Å². The number of halogens is 2. The van der Waals surface area contributed by atoms with Crippen LogP contribution in [0.4, 0.5) is 26.1 Å². The Balaban J connectivity index is 1.43. The van der Waals surface area contributed by atoms with Crippen molar-refractivity contribution in [2.45, 2.75) is 13.0 Å². The van der Waals surface area contributed by atoms with E-state index in [0.717, 1.165) is 42.6 Å². The zero-order valence-electron chi connectivity index (χ0n) is 16.9. The fraction of sp³-hybridized carbons (Fsp3) is 0.333. The van der Waals surface area contributed by atoms with Crippen molar-refractivity contribution in [3.63, 3.8) is 0 Å². The molecule has 7 nitrogen and oxygen atoms in total. The van der Waals surface area contributed by atoms with E-state index < -0.39 is 11.6 Å². The molecule has 0 unspecified atom stereocenters. The topological polar surface area (TPSA) is 67.2 Å². The van der Waals surface area contributed by atoms with Gasteiger partial charge in [0.25, 0.3) is 0 Å². The largest absolute Gasteiger partial charge is 0.383 e. The van der Waals surface area contributed by atoms with Crippen molar-refractivity contribution in [2.24, 2.45) is 0 Å². The Morgan fingerprint density at radius 3 is 2.57 bits per heavy atom. The summed E-state index contributed by atoms with van der Waals surface area (Å²) in [5.41, 5.74) is 3.35. The maximum absolute atomic E-state index is 13.5. The van der Waals surface area contributed by atoms with E-state index in [1.807, 2.05) is 19.1 Å². The molecule has 4 rings (SSSR count). The average Bonchev–Trinajstić information content (AvgIpc) is 3.11. The number of aromatic nitrogens is 3. The maximum Gasteiger partial charge on any atom is 0.246 e. The number of methoxy groups -OCH3 is 1. The minimum absolute atomic E-state index is 0.269. The number of rotatable bonds is 8. The highest BCUT2D eigenvalue weighted by molar-refractivity contribution is 5.64. The number of aryl methyl sites for hydroxylation is 1. The Morgan fingerprint density at radius 2 is 1.83 bits per heavy atom. The highest BCUT2D eigenvalue weighted by atomic mass is 19.1. The molecule has 1 aliphatic rings. The lowest BCUT2D eigenvalue weighted by molar-refractivity contribution is 0.193. The fourth-order valence-electron chi connectivity index (χ4n) is 3.45. The van der Waals surface area contributed by atoms with Crippen molar-refractivity contribution in [1.29, 1.82) is 0 Å². The molecule has 0 spiro atoms. The van der Waals surface area contributed by atoms with Gasteiger partial charge in [0.2, 0.25) is 5.95 Å². The monoisotopic (exact) mass is 414 g/mol. The number of hydrogen-bond acceptors (Lipinski definition) is 6. The lowest BCUT2D eigenvalue weighted by Gasteiger charge is -2.41. The molecule has 1 aromatic heterocycles. The third-order valence-electron chi connectivity index (χ3n) is 4.91. The second-order valence-corrected chi connectivity index (χ2v) is 7.37. The first kappa shape index (κ1) is 20.2. The van der Waals surface area contributed by atoms with Crippen LogP contribution in [0.5, 0.6) is 0 Å². The van der Waals surface area contributed by atoms with Crippen LogP contribution in [0.25, 0.3) is 5.69 Å². The zero-order chi connectivity index (χ0) is 21.1. The van der Waals surface area contributed by atoms with Gasteiger partial charge in [0, 0.05) is 50.2 Å². The fourth-order valence-corrected chi connectivity index (χ4v) is 3.45. The molecule has 30 heavy (non-hydrogen) atoms. The van der Waals surface area contributed by atoms with E-state index in [0.29, 0.717) is 18.6 Å². The van der Waals surface area contributed by atoms with Crippen molar-refractivity contribution in [3.8, 4) is 5.69 Å². The number of nitrogens with zero attached hydrogens (tertiary/aromatic N) is 4. The van der Waals surface area contributed by atoms with Gasteiger partial charge in [-0.05, 0) is 42.8 Å². The van der Waals surface area contributed by atoms with Crippen molar-refractivity contribution in [2.75, 3.05) is 43.6 Å². The summed E-state index contributed by atoms with van der Waals surface area (Å²) in [5.74, 6) is -0.982. The smallest absolute Gasteiger partial charge is 0.246 e. The van der Waals surface area contributed by atoms with Crippen molar-refractivity contribution in [3.05, 3.63) is 59.9 Å². The van der Waals surface area contributed by atoms with Crippen LogP contribution in [0.15, 0.2) is 42.7 Å². The zero-order valence-corrected chi connectivity index (χ0v) is 16.9. The first-order valence-corrected chi connectivity index (χ1v) is 9.74. The van der Waals surface area contributed by atoms with Gasteiger partial charge in [-0.1, -0.05) is 0 Å². The van der Waals surface area contributed by atoms with Gasteiger partial charge in [-0.3, -0.25) is 0 Å². The Kier molecular flexibility index (Phi) is 5.91. The highest BCUT2D eigenvalue weighted by Crippen LogP contribution is 2.27. The molecule has 0 amide bonds. The molecule has 1 aliphatic heterocycles. The van der Waals surface area contributed by atoms with E-state index in [4.69, 9.17) is 4.74 Å². The second kappa shape index (κ2) is 8.76. The van der Waals surface area contributed by atoms with Crippen LogP contribution in [0.2, 0.25) is 0 Å². The van der Waals surface area contributed by atoms with Crippen LogP contribution in [0.1, 0.15) is 5.56 Å². The Bertz CT molecular complexity index is 998. The molecule has 158 valence electrons. The first-order valence-electron chi connectivity index (χ1n) is 9.74. The van der Waals surface area contributed by atoms with Gasteiger partial charge >= 0.3 is 0 Å². The molecular weight excluding hydrogens is 390 g/mol. The molecule has 0 atom stereocenters. The van der Waals surface area contributed by atoms with Gasteiger partial charge in [0.05, 0.1) is 12.3 Å². The summed E-state index contributed by atoms with van der Waals surface area (Å²) in [6, 6.07) is 9.86. The third-order valence-corrected chi connectivity index (χ3v) is 4.91. The van der Waals surface area contributed by atoms with Gasteiger partial charge in [-0.15, -0.1) is 5.10 Å². The van der Waals surface area contributed by atoms with E-state index in [1.165, 1.54) is 23.1 Å². The van der Waals surface area contributed by atoms with Crippen LogP contribution < -0.4 is 15.5 Å². The number of hydrogen-bond donors (Lipinski definition) is 2. The van der Waals surface area contributed by atoms with E-state index in [-0.39, 0.29) is 5.69 Å². The molecule has 0 saturated carbocycles. The summed E-state index contributed by atoms with van der Waals surface area (Å²) in [4.78, 5) is 6.50. The maximum atomic E-state index is 13.5. The number of anilines is 3. The van der Waals surface area contributed by atoms with E-state index in [9.17, 15) is 8.78 Å². The van der Waals surface area contributed by atoms with E-state index >= 15 is 0 Å². The molecule has 2 N–H and O–H groups in total. The molecule has 1 saturated heterocycles. The summed E-state index contributed by atoms with van der Waals surface area (Å²) < 4.78 is 33.3. The van der Waals surface area contributed by atoms with Gasteiger partial charge in [-0.25, -0.2) is 13.5 Å². The molecule has 3 aromatic rings. The van der Waals surface area contributed by atoms with E-state index in [2.05, 4.69) is 31.7 Å². The number of ether oxygens (including phenoxy) is 1. The highest BCUT2D eigenvalue weighted by Gasteiger charge is 2.26. The predicted molar refractivity (Wildman–Crippen MR) is 112 cm³/mol. The minimum atomic E-state index is -0.664. The molecule has 2 heterocycles. The average molecular weight is 414 g/mol. The molecule has 1 fully saturated rings. The number of nitrogens with one attached hydrogen (secondary N) is 2. The number of benzene rings is 2. The summed E-state index contributed by atoms with van der Waals surface area (Å²) in [6.45, 7) is 5.45. The molecule has 2 aromatic carbocycles. The normalized spacial score (nSPS) is 14.1. The Hall–Kier alpha value is -3.04. The van der Waals surface area contributed by atoms with Crippen LogP contribution in [-0.4, -0.2) is 54.2 Å². The van der Waals surface area contributed by atoms with Crippen molar-refractivity contribution >= 4 is 17.3 Å². The third kappa shape index (κ3) is 4.74. The van der Waals surface area contributed by atoms with Gasteiger partial charge in [-0.2, -0.15) is 4.98 Å². The second-order valence-electron chi connectivity index (χ2n) is 7.37. The molecular formula is C21H24F2N6O. The minimum Gasteiger partial charge on any atom is -0.383 e. The lowest BCUT2D eigenvalue weighted by Crippen LogP contribution is -2.58. The summed E-state index contributed by atoms with van der Waals surface area (Å²) in [6.07, 6.45) is 1.42. The quantitative estimate of drug-likeness (QED) is 0.553. The van der Waals surface area contributed by atoms with Crippen LogP contribution in [0.3, 0.4) is 0 Å². The predicted octanol–water partition coefficient (Wildman–Crippen LogP) is 3.02. The Labute approximate surface area is 173 Å². The van der Waals surface area contributed by atoms with Crippen LogP contribution in [-0.2, 0) is 4.74 Å². The lowest BCUT2D eigenvalue weighted by atomic mass is 10.1. The molecule has 0 bridgehead atoms. The molecule has 0 radical (unpaired) electrons. The van der Waals surface area contributed by atoms with Gasteiger partial charge in [0.15, 0.2) is 0 Å². The van der Waals surface area contributed by atoms with Crippen molar-refractivity contribution in [1.82, 2.24) is 20.1 Å². The van der Waals surface area contributed by atoms with E-state index in [1.54, 1.807) is 7.11 Å². The standard InChI is InChI=1S/C21H24F2N6O/c1-14-5-17(10-19(6-14)28-11-18(12-28)24-3-4-30-2)26-21-25-13-29(27-21)20-8-15(22)7-16(23)9-20/h5-10,13,18,24H,3-4,11-12H2,1-2H3,(H,26,27). The van der Waals surface area contributed by atoms with Gasteiger partial charge in [0.1, 0.15) is 18.0 Å². The van der Waals surface area contributed by atoms with Crippen molar-refractivity contribution < 1.29 is 13.5 Å². The Morgan fingerprint density at radius 1 is 1.07 bits per heavy atom. The SMILES string of the molecule is COCCNC1CN(c2cc(C)cc(Nc3ncn(-c4cc(F)cc(F)c4)n3)c2)C1. The summed E-state index contributed by atoms with van der Waals surface area (Å²) in [7, 11) is 1.70. The first-order chi connectivity index (χ1) is 14.5. The van der Waals surface area contributed by atoms with Gasteiger partial charge < -0.3 is 20.3 Å². The van der Waals surface area contributed by atoms with Crippen LogP contribution >= 0.6 is 0 Å². The summed E-state index contributed by atoms with van der Waals surface area (Å²) in [5, 5.41) is 10.9.